The molecule has 0 radical (unpaired) electrons. The SMILES string of the molecule is CN(c1cccc2ncc(F)cc12)C1CCN(C(=O)O)C1. The van der Waals surface area contributed by atoms with E-state index in [0.29, 0.717) is 13.1 Å². The molecule has 1 amide bonds. The zero-order valence-corrected chi connectivity index (χ0v) is 11.7. The molecule has 1 aliphatic heterocycles. The smallest absolute Gasteiger partial charge is 0.407 e. The second-order valence-corrected chi connectivity index (χ2v) is 5.28. The molecule has 3 rings (SSSR count). The number of carbonyl (C=O) groups is 1. The van der Waals surface area contributed by atoms with Gasteiger partial charge >= 0.3 is 6.09 Å². The monoisotopic (exact) mass is 289 g/mol. The number of likely N-dealkylation sites (tertiary alicyclic amines) is 1. The molecule has 2 aromatic rings. The predicted molar refractivity (Wildman–Crippen MR) is 78.1 cm³/mol. The van der Waals surface area contributed by atoms with Gasteiger partial charge in [0.2, 0.25) is 0 Å². The van der Waals surface area contributed by atoms with Crippen molar-refractivity contribution in [3.8, 4) is 0 Å². The van der Waals surface area contributed by atoms with Crippen LogP contribution in [0.2, 0.25) is 0 Å². The van der Waals surface area contributed by atoms with Crippen LogP contribution in [0.15, 0.2) is 30.5 Å². The summed E-state index contributed by atoms with van der Waals surface area (Å²) in [4.78, 5) is 18.5. The highest BCUT2D eigenvalue weighted by molar-refractivity contribution is 5.91. The molecule has 1 aromatic heterocycles. The highest BCUT2D eigenvalue weighted by Crippen LogP contribution is 2.29. The predicted octanol–water partition coefficient (Wildman–Crippen LogP) is 2.56. The van der Waals surface area contributed by atoms with Crippen molar-refractivity contribution in [2.75, 3.05) is 25.0 Å². The first-order chi connectivity index (χ1) is 10.1. The van der Waals surface area contributed by atoms with Gasteiger partial charge in [-0.1, -0.05) is 6.07 Å². The number of fused-ring (bicyclic) bond motifs is 1. The summed E-state index contributed by atoms with van der Waals surface area (Å²) in [5.41, 5.74) is 1.60. The Bertz CT molecular complexity index is 692. The Morgan fingerprint density at radius 3 is 3.05 bits per heavy atom. The summed E-state index contributed by atoms with van der Waals surface area (Å²) in [7, 11) is 1.91. The zero-order chi connectivity index (χ0) is 15.0. The molecule has 1 atom stereocenters. The number of hydrogen-bond acceptors (Lipinski definition) is 3. The molecular formula is C15H16FN3O2. The average molecular weight is 289 g/mol. The minimum atomic E-state index is -0.892. The second-order valence-electron chi connectivity index (χ2n) is 5.28. The molecule has 0 saturated carbocycles. The van der Waals surface area contributed by atoms with Gasteiger partial charge in [0.1, 0.15) is 5.82 Å². The summed E-state index contributed by atoms with van der Waals surface area (Å²) in [6.07, 6.45) is 1.08. The van der Waals surface area contributed by atoms with Crippen molar-refractivity contribution in [2.45, 2.75) is 12.5 Å². The molecule has 1 saturated heterocycles. The number of likely N-dealkylation sites (N-methyl/N-ethyl adjacent to an activating group) is 1. The first-order valence-corrected chi connectivity index (χ1v) is 6.81. The molecule has 1 fully saturated rings. The molecule has 21 heavy (non-hydrogen) atoms. The highest BCUT2D eigenvalue weighted by Gasteiger charge is 2.29. The van der Waals surface area contributed by atoms with E-state index < -0.39 is 6.09 Å². The van der Waals surface area contributed by atoms with Crippen LogP contribution in [0.4, 0.5) is 14.9 Å². The number of hydrogen-bond donors (Lipinski definition) is 1. The van der Waals surface area contributed by atoms with E-state index in [-0.39, 0.29) is 11.9 Å². The number of rotatable bonds is 2. The lowest BCUT2D eigenvalue weighted by atomic mass is 10.1. The van der Waals surface area contributed by atoms with Crippen molar-refractivity contribution in [3.05, 3.63) is 36.3 Å². The number of nitrogens with zero attached hydrogens (tertiary/aromatic N) is 3. The Morgan fingerprint density at radius 1 is 1.52 bits per heavy atom. The van der Waals surface area contributed by atoms with Crippen molar-refractivity contribution in [1.82, 2.24) is 9.88 Å². The maximum Gasteiger partial charge on any atom is 0.407 e. The maximum absolute atomic E-state index is 13.5. The van der Waals surface area contributed by atoms with Crippen LogP contribution in [0.5, 0.6) is 0 Å². The molecule has 6 heteroatoms. The molecule has 1 aliphatic rings. The van der Waals surface area contributed by atoms with E-state index >= 15 is 0 Å². The standard InChI is InChI=1S/C15H16FN3O2/c1-18(11-5-6-19(9-11)15(20)21)14-4-2-3-13-12(14)7-10(16)8-17-13/h2-4,7-8,11H,5-6,9H2,1H3,(H,20,21). The van der Waals surface area contributed by atoms with Crippen molar-refractivity contribution >= 4 is 22.7 Å². The Labute approximate surface area is 121 Å². The third kappa shape index (κ3) is 2.49. The third-order valence-electron chi connectivity index (χ3n) is 4.03. The van der Waals surface area contributed by atoms with Gasteiger partial charge in [0.25, 0.3) is 0 Å². The highest BCUT2D eigenvalue weighted by atomic mass is 19.1. The van der Waals surface area contributed by atoms with Crippen molar-refractivity contribution in [2.24, 2.45) is 0 Å². The molecule has 1 N–H and O–H groups in total. The summed E-state index contributed by atoms with van der Waals surface area (Å²) >= 11 is 0. The largest absolute Gasteiger partial charge is 0.465 e. The van der Waals surface area contributed by atoms with E-state index in [1.807, 2.05) is 30.1 Å². The molecule has 0 aliphatic carbocycles. The van der Waals surface area contributed by atoms with Crippen molar-refractivity contribution in [3.63, 3.8) is 0 Å². The number of benzene rings is 1. The first kappa shape index (κ1) is 13.6. The van der Waals surface area contributed by atoms with Crippen LogP contribution in [-0.4, -0.2) is 47.3 Å². The van der Waals surface area contributed by atoms with Crippen LogP contribution in [0.25, 0.3) is 10.9 Å². The van der Waals surface area contributed by atoms with Crippen LogP contribution < -0.4 is 4.90 Å². The van der Waals surface area contributed by atoms with E-state index in [9.17, 15) is 9.18 Å². The van der Waals surface area contributed by atoms with Crippen LogP contribution >= 0.6 is 0 Å². The molecule has 0 spiro atoms. The fourth-order valence-electron chi connectivity index (χ4n) is 2.84. The zero-order valence-electron chi connectivity index (χ0n) is 11.7. The maximum atomic E-state index is 13.5. The molecule has 110 valence electrons. The summed E-state index contributed by atoms with van der Waals surface area (Å²) in [6, 6.07) is 7.19. The van der Waals surface area contributed by atoms with Gasteiger partial charge in [0.05, 0.1) is 11.7 Å². The number of pyridine rings is 1. The minimum absolute atomic E-state index is 0.0926. The molecule has 0 bridgehead atoms. The molecule has 2 heterocycles. The number of carboxylic acid groups (broad SMARTS) is 1. The first-order valence-electron chi connectivity index (χ1n) is 6.81. The van der Waals surface area contributed by atoms with Gasteiger partial charge in [-0.2, -0.15) is 0 Å². The average Bonchev–Trinajstić information content (AvgIpc) is 2.96. The molecule has 1 unspecified atom stereocenters. The van der Waals surface area contributed by atoms with Gasteiger partial charge in [-0.05, 0) is 24.6 Å². The van der Waals surface area contributed by atoms with E-state index in [2.05, 4.69) is 4.98 Å². The number of halogens is 1. The lowest BCUT2D eigenvalue weighted by Crippen LogP contribution is -2.36. The molecular weight excluding hydrogens is 273 g/mol. The number of anilines is 1. The van der Waals surface area contributed by atoms with Gasteiger partial charge < -0.3 is 14.9 Å². The lowest BCUT2D eigenvalue weighted by molar-refractivity contribution is 0.155. The van der Waals surface area contributed by atoms with Gasteiger partial charge in [-0.3, -0.25) is 4.98 Å². The van der Waals surface area contributed by atoms with E-state index in [0.717, 1.165) is 23.0 Å². The van der Waals surface area contributed by atoms with Gasteiger partial charge in [-0.15, -0.1) is 0 Å². The third-order valence-corrected chi connectivity index (χ3v) is 4.03. The summed E-state index contributed by atoms with van der Waals surface area (Å²) in [5, 5.41) is 9.78. The summed E-state index contributed by atoms with van der Waals surface area (Å²) in [6.45, 7) is 0.993. The van der Waals surface area contributed by atoms with Gasteiger partial charge in [-0.25, -0.2) is 9.18 Å². The quantitative estimate of drug-likeness (QED) is 0.923. The Morgan fingerprint density at radius 2 is 2.33 bits per heavy atom. The normalized spacial score (nSPS) is 18.2. The minimum Gasteiger partial charge on any atom is -0.465 e. The number of aromatic nitrogens is 1. The van der Waals surface area contributed by atoms with Crippen LogP contribution in [0.1, 0.15) is 6.42 Å². The van der Waals surface area contributed by atoms with E-state index in [1.165, 1.54) is 17.2 Å². The fourth-order valence-corrected chi connectivity index (χ4v) is 2.84. The molecule has 1 aromatic carbocycles. The summed E-state index contributed by atoms with van der Waals surface area (Å²) in [5.74, 6) is -0.373. The van der Waals surface area contributed by atoms with Crippen LogP contribution in [0.3, 0.4) is 0 Å². The Balaban J connectivity index is 1.93. The van der Waals surface area contributed by atoms with E-state index in [1.54, 1.807) is 0 Å². The van der Waals surface area contributed by atoms with Crippen molar-refractivity contribution in [1.29, 1.82) is 0 Å². The topological polar surface area (TPSA) is 56.7 Å². The fraction of sp³-hybridized carbons (Fsp3) is 0.333. The van der Waals surface area contributed by atoms with Crippen LogP contribution in [0, 0.1) is 5.82 Å². The molecule has 5 nitrogen and oxygen atoms in total. The lowest BCUT2D eigenvalue weighted by Gasteiger charge is -2.27. The van der Waals surface area contributed by atoms with E-state index in [4.69, 9.17) is 5.11 Å². The second kappa shape index (κ2) is 5.20. The Hall–Kier alpha value is -2.37. The van der Waals surface area contributed by atoms with Gasteiger partial charge in [0.15, 0.2) is 0 Å². The Kier molecular flexibility index (Phi) is 3.37. The van der Waals surface area contributed by atoms with Gasteiger partial charge in [0, 0.05) is 37.3 Å². The number of amides is 1. The van der Waals surface area contributed by atoms with Crippen molar-refractivity contribution < 1.29 is 14.3 Å². The summed E-state index contributed by atoms with van der Waals surface area (Å²) < 4.78 is 13.5. The van der Waals surface area contributed by atoms with Crippen LogP contribution in [-0.2, 0) is 0 Å².